The SMILES string of the molecule is CN1C=CC(=C(O)N=NC(=O)c2cc[n+](C)cc2)C=C1. The fourth-order valence-electron chi connectivity index (χ4n) is 1.50. The Morgan fingerprint density at radius 2 is 1.80 bits per heavy atom. The molecule has 0 saturated heterocycles. The number of carbonyl (C=O) groups excluding carboxylic acids is 1. The van der Waals surface area contributed by atoms with Crippen LogP contribution >= 0.6 is 0 Å². The Morgan fingerprint density at radius 3 is 2.40 bits per heavy atom. The molecule has 6 heteroatoms. The van der Waals surface area contributed by atoms with Gasteiger partial charge in [0.15, 0.2) is 12.4 Å². The van der Waals surface area contributed by atoms with E-state index in [4.69, 9.17) is 0 Å². The summed E-state index contributed by atoms with van der Waals surface area (Å²) in [4.78, 5) is 13.6. The van der Waals surface area contributed by atoms with Gasteiger partial charge in [0.2, 0.25) is 5.88 Å². The van der Waals surface area contributed by atoms with Gasteiger partial charge >= 0.3 is 0 Å². The minimum Gasteiger partial charge on any atom is -0.492 e. The van der Waals surface area contributed by atoms with Crippen molar-refractivity contribution in [2.75, 3.05) is 7.05 Å². The number of allylic oxidation sites excluding steroid dienone is 3. The second kappa shape index (κ2) is 5.92. The highest BCUT2D eigenvalue weighted by Crippen LogP contribution is 2.13. The quantitative estimate of drug-likeness (QED) is 0.507. The van der Waals surface area contributed by atoms with E-state index in [1.807, 2.05) is 23.6 Å². The van der Waals surface area contributed by atoms with Crippen molar-refractivity contribution >= 4 is 5.91 Å². The average molecular weight is 271 g/mol. The third kappa shape index (κ3) is 3.38. The van der Waals surface area contributed by atoms with Gasteiger partial charge in [-0.25, -0.2) is 4.57 Å². The fourth-order valence-corrected chi connectivity index (χ4v) is 1.50. The molecule has 0 spiro atoms. The third-order valence-corrected chi connectivity index (χ3v) is 2.70. The molecule has 6 nitrogen and oxygen atoms in total. The predicted molar refractivity (Wildman–Crippen MR) is 72.5 cm³/mol. The van der Waals surface area contributed by atoms with Crippen LogP contribution in [-0.4, -0.2) is 23.0 Å². The van der Waals surface area contributed by atoms with Crippen LogP contribution in [0.5, 0.6) is 0 Å². The molecular weight excluding hydrogens is 256 g/mol. The summed E-state index contributed by atoms with van der Waals surface area (Å²) in [6, 6.07) is 3.28. The Morgan fingerprint density at radius 1 is 1.20 bits per heavy atom. The number of aliphatic hydroxyl groups is 1. The van der Waals surface area contributed by atoms with Gasteiger partial charge in [0, 0.05) is 37.2 Å². The van der Waals surface area contributed by atoms with E-state index >= 15 is 0 Å². The number of nitrogens with zero attached hydrogens (tertiary/aromatic N) is 4. The van der Waals surface area contributed by atoms with Crippen LogP contribution in [0.15, 0.2) is 70.8 Å². The van der Waals surface area contributed by atoms with Crippen molar-refractivity contribution in [2.24, 2.45) is 17.3 Å². The molecule has 1 aliphatic heterocycles. The van der Waals surface area contributed by atoms with Crippen LogP contribution in [0.4, 0.5) is 0 Å². The number of hydrogen-bond acceptors (Lipinski definition) is 4. The number of carbonyl (C=O) groups is 1. The van der Waals surface area contributed by atoms with Crippen molar-refractivity contribution in [2.45, 2.75) is 0 Å². The van der Waals surface area contributed by atoms with Crippen molar-refractivity contribution in [1.82, 2.24) is 4.90 Å². The summed E-state index contributed by atoms with van der Waals surface area (Å²) in [6.07, 6.45) is 10.4. The lowest BCUT2D eigenvalue weighted by Gasteiger charge is -2.11. The average Bonchev–Trinajstić information content (AvgIpc) is 2.46. The first-order valence-corrected chi connectivity index (χ1v) is 5.99. The van der Waals surface area contributed by atoms with Gasteiger partial charge in [0.25, 0.3) is 5.91 Å². The Balaban J connectivity index is 2.11. The van der Waals surface area contributed by atoms with Crippen molar-refractivity contribution in [3.63, 3.8) is 0 Å². The molecule has 1 aromatic rings. The number of aliphatic hydroxyl groups excluding tert-OH is 1. The number of aromatic nitrogens is 1. The molecule has 0 fully saturated rings. The Labute approximate surface area is 116 Å². The Kier molecular flexibility index (Phi) is 4.05. The fraction of sp³-hybridized carbons (Fsp3) is 0.143. The summed E-state index contributed by atoms with van der Waals surface area (Å²) >= 11 is 0. The highest BCUT2D eigenvalue weighted by molar-refractivity contribution is 5.94. The summed E-state index contributed by atoms with van der Waals surface area (Å²) in [5.74, 6) is -0.793. The number of rotatable bonds is 2. The zero-order valence-electron chi connectivity index (χ0n) is 11.3. The molecular formula is C14H15N4O2+. The van der Waals surface area contributed by atoms with E-state index in [1.165, 1.54) is 0 Å². The summed E-state index contributed by atoms with van der Waals surface area (Å²) in [6.45, 7) is 0. The molecule has 1 amide bonds. The van der Waals surface area contributed by atoms with E-state index in [9.17, 15) is 9.90 Å². The van der Waals surface area contributed by atoms with Gasteiger partial charge in [-0.1, -0.05) is 0 Å². The Hall–Kier alpha value is -2.76. The predicted octanol–water partition coefficient (Wildman–Crippen LogP) is 1.85. The lowest BCUT2D eigenvalue weighted by Crippen LogP contribution is -2.26. The smallest absolute Gasteiger partial charge is 0.296 e. The number of pyridine rings is 1. The molecule has 0 saturated carbocycles. The molecule has 0 atom stereocenters. The first kappa shape index (κ1) is 13.7. The molecule has 0 aliphatic carbocycles. The van der Waals surface area contributed by atoms with E-state index in [0.717, 1.165) is 0 Å². The first-order chi connectivity index (χ1) is 9.56. The largest absolute Gasteiger partial charge is 0.492 e. The lowest BCUT2D eigenvalue weighted by molar-refractivity contribution is -0.671. The summed E-state index contributed by atoms with van der Waals surface area (Å²) in [7, 11) is 3.71. The van der Waals surface area contributed by atoms with Crippen molar-refractivity contribution in [3.8, 4) is 0 Å². The van der Waals surface area contributed by atoms with Crippen LogP contribution in [0.25, 0.3) is 0 Å². The van der Waals surface area contributed by atoms with Crippen LogP contribution < -0.4 is 4.57 Å². The second-order valence-electron chi connectivity index (χ2n) is 4.33. The van der Waals surface area contributed by atoms with Gasteiger partial charge in [-0.15, -0.1) is 10.2 Å². The standard InChI is InChI=1S/C14H14N4O2/c1-17-7-3-11(4-8-17)13(19)15-16-14(20)12-5-9-18(2)10-6-12/h3-10H,1-2H3/p+1. The molecule has 0 radical (unpaired) electrons. The van der Waals surface area contributed by atoms with Gasteiger partial charge in [-0.3, -0.25) is 4.79 Å². The van der Waals surface area contributed by atoms with E-state index < -0.39 is 5.91 Å². The molecule has 102 valence electrons. The zero-order chi connectivity index (χ0) is 14.5. The number of amides is 1. The molecule has 0 bridgehead atoms. The van der Waals surface area contributed by atoms with Crippen LogP contribution in [0.3, 0.4) is 0 Å². The molecule has 0 aromatic carbocycles. The lowest BCUT2D eigenvalue weighted by atomic mass is 10.2. The summed E-state index contributed by atoms with van der Waals surface area (Å²) in [5, 5.41) is 16.8. The minimum atomic E-state index is -0.501. The van der Waals surface area contributed by atoms with Crippen LogP contribution in [0.2, 0.25) is 0 Å². The van der Waals surface area contributed by atoms with Crippen LogP contribution in [-0.2, 0) is 7.05 Å². The molecule has 1 aromatic heterocycles. The highest BCUT2D eigenvalue weighted by atomic mass is 16.3. The number of hydrogen-bond donors (Lipinski definition) is 1. The summed E-state index contributed by atoms with van der Waals surface area (Å²) in [5.41, 5.74) is 0.915. The molecule has 1 N–H and O–H groups in total. The second-order valence-corrected chi connectivity index (χ2v) is 4.33. The maximum Gasteiger partial charge on any atom is 0.296 e. The van der Waals surface area contributed by atoms with Gasteiger partial charge in [-0.2, -0.15) is 0 Å². The van der Waals surface area contributed by atoms with Crippen molar-refractivity contribution < 1.29 is 14.5 Å². The van der Waals surface area contributed by atoms with Crippen molar-refractivity contribution in [3.05, 3.63) is 66.1 Å². The van der Waals surface area contributed by atoms with Crippen LogP contribution in [0.1, 0.15) is 10.4 Å². The monoisotopic (exact) mass is 271 g/mol. The highest BCUT2D eigenvalue weighted by Gasteiger charge is 2.07. The van der Waals surface area contributed by atoms with E-state index in [2.05, 4.69) is 10.2 Å². The van der Waals surface area contributed by atoms with Crippen LogP contribution in [0, 0.1) is 0 Å². The van der Waals surface area contributed by atoms with Gasteiger partial charge in [0.05, 0.1) is 5.56 Å². The molecule has 20 heavy (non-hydrogen) atoms. The van der Waals surface area contributed by atoms with Crippen molar-refractivity contribution in [1.29, 1.82) is 0 Å². The number of azo groups is 1. The number of aryl methyl sites for hydroxylation is 1. The molecule has 2 heterocycles. The maximum atomic E-state index is 11.7. The molecule has 1 aliphatic rings. The normalized spacial score (nSPS) is 14.1. The van der Waals surface area contributed by atoms with Gasteiger partial charge in [-0.05, 0) is 12.2 Å². The summed E-state index contributed by atoms with van der Waals surface area (Å²) < 4.78 is 1.81. The first-order valence-electron chi connectivity index (χ1n) is 5.99. The third-order valence-electron chi connectivity index (χ3n) is 2.70. The molecule has 0 unspecified atom stereocenters. The van der Waals surface area contributed by atoms with E-state index in [0.29, 0.717) is 11.1 Å². The van der Waals surface area contributed by atoms with E-state index in [-0.39, 0.29) is 5.88 Å². The zero-order valence-corrected chi connectivity index (χ0v) is 11.3. The topological polar surface area (TPSA) is 69.1 Å². The van der Waals surface area contributed by atoms with E-state index in [1.54, 1.807) is 49.1 Å². The molecule has 2 rings (SSSR count). The maximum absolute atomic E-state index is 11.7. The van der Waals surface area contributed by atoms with Gasteiger partial charge < -0.3 is 10.0 Å². The van der Waals surface area contributed by atoms with Gasteiger partial charge in [0.1, 0.15) is 7.05 Å². The Bertz CT molecular complexity index is 611. The minimum absolute atomic E-state index is 0.291.